The lowest BCUT2D eigenvalue weighted by Gasteiger charge is -1.99. The molecule has 0 saturated heterocycles. The van der Waals surface area contributed by atoms with Crippen LogP contribution >= 0.6 is 11.3 Å². The molecule has 0 amide bonds. The molecule has 0 unspecified atom stereocenters. The SMILES string of the molecule is Cc1cc[n+](C)c(Cc2cccs2)c1. The fourth-order valence-electron chi connectivity index (χ4n) is 1.51. The number of hydrogen-bond donors (Lipinski definition) is 0. The van der Waals surface area contributed by atoms with Crippen LogP contribution in [-0.4, -0.2) is 0 Å². The van der Waals surface area contributed by atoms with Gasteiger partial charge in [0.15, 0.2) is 11.9 Å². The van der Waals surface area contributed by atoms with Gasteiger partial charge >= 0.3 is 0 Å². The topological polar surface area (TPSA) is 3.88 Å². The normalized spacial score (nSPS) is 10.4. The van der Waals surface area contributed by atoms with Gasteiger partial charge in [-0.1, -0.05) is 6.07 Å². The maximum absolute atomic E-state index is 2.25. The van der Waals surface area contributed by atoms with Gasteiger partial charge in [0, 0.05) is 17.0 Å². The summed E-state index contributed by atoms with van der Waals surface area (Å²) >= 11 is 1.82. The predicted octanol–water partition coefficient (Wildman–Crippen LogP) is 2.47. The molecule has 0 atom stereocenters. The highest BCUT2D eigenvalue weighted by atomic mass is 32.1. The highest BCUT2D eigenvalue weighted by Gasteiger charge is 2.07. The van der Waals surface area contributed by atoms with Gasteiger partial charge in [0.05, 0.1) is 6.42 Å². The number of nitrogens with zero attached hydrogens (tertiary/aromatic N) is 1. The van der Waals surface area contributed by atoms with Gasteiger partial charge < -0.3 is 0 Å². The summed E-state index contributed by atoms with van der Waals surface area (Å²) in [5.41, 5.74) is 2.70. The molecule has 1 nitrogen and oxygen atoms in total. The molecule has 2 aromatic heterocycles. The van der Waals surface area contributed by atoms with Crippen molar-refractivity contribution in [1.29, 1.82) is 0 Å². The lowest BCUT2D eigenvalue weighted by atomic mass is 10.2. The van der Waals surface area contributed by atoms with E-state index in [9.17, 15) is 0 Å². The lowest BCUT2D eigenvalue weighted by molar-refractivity contribution is -0.678. The smallest absolute Gasteiger partial charge is 0.186 e. The van der Waals surface area contributed by atoms with Gasteiger partial charge in [0.25, 0.3) is 0 Å². The first-order chi connectivity index (χ1) is 6.75. The molecule has 0 aliphatic carbocycles. The Labute approximate surface area is 88.7 Å². The maximum Gasteiger partial charge on any atom is 0.186 e. The molecule has 0 N–H and O–H groups in total. The molecule has 0 spiro atoms. The number of hydrogen-bond acceptors (Lipinski definition) is 1. The van der Waals surface area contributed by atoms with Gasteiger partial charge in [0.1, 0.15) is 7.05 Å². The monoisotopic (exact) mass is 204 g/mol. The van der Waals surface area contributed by atoms with E-state index in [0.717, 1.165) is 6.42 Å². The van der Waals surface area contributed by atoms with Crippen molar-refractivity contribution in [2.24, 2.45) is 7.05 Å². The number of aryl methyl sites for hydroxylation is 2. The van der Waals surface area contributed by atoms with Crippen LogP contribution in [0.2, 0.25) is 0 Å². The highest BCUT2D eigenvalue weighted by molar-refractivity contribution is 7.09. The molecule has 2 aromatic rings. The third kappa shape index (κ3) is 2.02. The Kier molecular flexibility index (Phi) is 2.64. The first kappa shape index (κ1) is 9.41. The first-order valence-electron chi connectivity index (χ1n) is 4.73. The van der Waals surface area contributed by atoms with Crippen molar-refractivity contribution in [3.63, 3.8) is 0 Å². The summed E-state index contributed by atoms with van der Waals surface area (Å²) in [6, 6.07) is 8.68. The van der Waals surface area contributed by atoms with Crippen LogP contribution in [0.1, 0.15) is 16.1 Å². The molecule has 0 bridgehead atoms. The number of thiophene rings is 1. The van der Waals surface area contributed by atoms with Crippen LogP contribution in [-0.2, 0) is 13.5 Å². The van der Waals surface area contributed by atoms with Crippen molar-refractivity contribution in [3.05, 3.63) is 52.0 Å². The Morgan fingerprint density at radius 1 is 1.36 bits per heavy atom. The Morgan fingerprint density at radius 2 is 2.21 bits per heavy atom. The van der Waals surface area contributed by atoms with Crippen molar-refractivity contribution in [2.75, 3.05) is 0 Å². The van der Waals surface area contributed by atoms with Crippen molar-refractivity contribution in [3.8, 4) is 0 Å². The Hall–Kier alpha value is -1.15. The van der Waals surface area contributed by atoms with E-state index < -0.39 is 0 Å². The molecule has 2 rings (SSSR count). The largest absolute Gasteiger partial charge is 0.205 e. The predicted molar refractivity (Wildman–Crippen MR) is 59.5 cm³/mol. The van der Waals surface area contributed by atoms with Crippen molar-refractivity contribution < 1.29 is 4.57 Å². The van der Waals surface area contributed by atoms with Crippen LogP contribution in [0.25, 0.3) is 0 Å². The minimum atomic E-state index is 1.04. The van der Waals surface area contributed by atoms with E-state index in [1.807, 2.05) is 11.3 Å². The lowest BCUT2D eigenvalue weighted by Crippen LogP contribution is -2.33. The van der Waals surface area contributed by atoms with E-state index in [2.05, 4.69) is 54.4 Å². The van der Waals surface area contributed by atoms with E-state index in [1.54, 1.807) is 0 Å². The third-order valence-electron chi connectivity index (χ3n) is 2.34. The highest BCUT2D eigenvalue weighted by Crippen LogP contribution is 2.12. The van der Waals surface area contributed by atoms with Crippen LogP contribution in [0.15, 0.2) is 35.8 Å². The van der Waals surface area contributed by atoms with Gasteiger partial charge in [-0.3, -0.25) is 0 Å². The molecule has 0 saturated carbocycles. The van der Waals surface area contributed by atoms with Gasteiger partial charge in [-0.2, -0.15) is 0 Å². The first-order valence-corrected chi connectivity index (χ1v) is 5.61. The molecule has 0 aliphatic rings. The summed E-state index contributed by atoms with van der Waals surface area (Å²) in [5, 5.41) is 2.13. The molecule has 0 aliphatic heterocycles. The van der Waals surface area contributed by atoms with Crippen molar-refractivity contribution in [2.45, 2.75) is 13.3 Å². The van der Waals surface area contributed by atoms with Gasteiger partial charge in [0.2, 0.25) is 0 Å². The van der Waals surface area contributed by atoms with Crippen LogP contribution in [0, 0.1) is 6.92 Å². The van der Waals surface area contributed by atoms with Crippen LogP contribution in [0.5, 0.6) is 0 Å². The third-order valence-corrected chi connectivity index (χ3v) is 3.22. The van der Waals surface area contributed by atoms with Gasteiger partial charge in [-0.15, -0.1) is 11.3 Å². The molecule has 2 heterocycles. The van der Waals surface area contributed by atoms with Gasteiger partial charge in [-0.25, -0.2) is 4.57 Å². The molecular formula is C12H14NS+. The van der Waals surface area contributed by atoms with Crippen molar-refractivity contribution in [1.82, 2.24) is 0 Å². The van der Waals surface area contributed by atoms with Crippen LogP contribution < -0.4 is 4.57 Å². The van der Waals surface area contributed by atoms with E-state index in [1.165, 1.54) is 16.1 Å². The van der Waals surface area contributed by atoms with Gasteiger partial charge in [-0.05, 0) is 23.9 Å². The van der Waals surface area contributed by atoms with E-state index in [0.29, 0.717) is 0 Å². The molecule has 0 fully saturated rings. The zero-order valence-electron chi connectivity index (χ0n) is 8.53. The molecule has 14 heavy (non-hydrogen) atoms. The number of rotatable bonds is 2. The second-order valence-electron chi connectivity index (χ2n) is 3.56. The Morgan fingerprint density at radius 3 is 2.93 bits per heavy atom. The summed E-state index contributed by atoms with van der Waals surface area (Å²) in [5.74, 6) is 0. The standard InChI is InChI=1S/C12H14NS/c1-10-5-6-13(2)11(8-10)9-12-4-3-7-14-12/h3-8H,9H2,1-2H3/q+1. The fourth-order valence-corrected chi connectivity index (χ4v) is 2.23. The number of aromatic nitrogens is 1. The Balaban J connectivity index is 2.28. The molecular weight excluding hydrogens is 190 g/mol. The van der Waals surface area contributed by atoms with E-state index in [-0.39, 0.29) is 0 Å². The summed E-state index contributed by atoms with van der Waals surface area (Å²) in [6.07, 6.45) is 3.16. The van der Waals surface area contributed by atoms with E-state index in [4.69, 9.17) is 0 Å². The minimum Gasteiger partial charge on any atom is -0.205 e. The van der Waals surface area contributed by atoms with E-state index >= 15 is 0 Å². The minimum absolute atomic E-state index is 1.04. The second-order valence-corrected chi connectivity index (χ2v) is 4.59. The van der Waals surface area contributed by atoms with Crippen LogP contribution in [0.4, 0.5) is 0 Å². The average molecular weight is 204 g/mol. The summed E-state index contributed by atoms with van der Waals surface area (Å²) in [4.78, 5) is 1.42. The zero-order valence-corrected chi connectivity index (χ0v) is 9.34. The molecule has 2 heteroatoms. The zero-order chi connectivity index (χ0) is 9.97. The van der Waals surface area contributed by atoms with Crippen molar-refractivity contribution >= 4 is 11.3 Å². The fraction of sp³-hybridized carbons (Fsp3) is 0.250. The summed E-state index contributed by atoms with van der Waals surface area (Å²) in [6.45, 7) is 2.14. The summed E-state index contributed by atoms with van der Waals surface area (Å²) in [7, 11) is 2.10. The number of pyridine rings is 1. The molecule has 72 valence electrons. The average Bonchev–Trinajstić information content (AvgIpc) is 2.64. The molecule has 0 aromatic carbocycles. The quantitative estimate of drug-likeness (QED) is 0.662. The van der Waals surface area contributed by atoms with Crippen LogP contribution in [0.3, 0.4) is 0 Å². The second kappa shape index (κ2) is 3.93. The molecule has 0 radical (unpaired) electrons. The Bertz CT molecular complexity index is 418. The maximum atomic E-state index is 2.25. The summed E-state index contributed by atoms with van der Waals surface area (Å²) < 4.78 is 2.19.